The topological polar surface area (TPSA) is 70.4 Å². The Balaban J connectivity index is 2.07. The SMILES string of the molecule is Cc1cccc(C(=O)OCC(=O)N(CC#N)c2ccccc2)c1C. The fraction of sp³-hybridized carbons (Fsp3) is 0.211. The molecule has 0 fully saturated rings. The largest absolute Gasteiger partial charge is 0.452 e. The van der Waals surface area contributed by atoms with Gasteiger partial charge < -0.3 is 4.74 Å². The second kappa shape index (κ2) is 7.93. The molecule has 2 rings (SSSR count). The van der Waals surface area contributed by atoms with E-state index in [1.807, 2.05) is 32.0 Å². The second-order valence-electron chi connectivity index (χ2n) is 5.30. The van der Waals surface area contributed by atoms with E-state index >= 15 is 0 Å². The van der Waals surface area contributed by atoms with Gasteiger partial charge in [0.15, 0.2) is 6.61 Å². The number of nitriles is 1. The fourth-order valence-electron chi connectivity index (χ4n) is 2.26. The first-order chi connectivity index (χ1) is 11.5. The zero-order valence-corrected chi connectivity index (χ0v) is 13.7. The number of carbonyl (C=O) groups excluding carboxylic acids is 2. The number of hydrogen-bond donors (Lipinski definition) is 0. The number of ether oxygens (including phenoxy) is 1. The number of nitrogens with zero attached hydrogens (tertiary/aromatic N) is 2. The molecule has 2 aromatic carbocycles. The average Bonchev–Trinajstić information content (AvgIpc) is 2.60. The van der Waals surface area contributed by atoms with Crippen LogP contribution in [0.15, 0.2) is 48.5 Å². The Bertz CT molecular complexity index is 779. The number of benzene rings is 2. The van der Waals surface area contributed by atoms with E-state index < -0.39 is 18.5 Å². The third kappa shape index (κ3) is 3.99. The van der Waals surface area contributed by atoms with Crippen LogP contribution in [-0.2, 0) is 9.53 Å². The minimum absolute atomic E-state index is 0.107. The summed E-state index contributed by atoms with van der Waals surface area (Å²) in [7, 11) is 0. The van der Waals surface area contributed by atoms with E-state index in [0.29, 0.717) is 11.3 Å². The molecule has 0 saturated heterocycles. The van der Waals surface area contributed by atoms with E-state index in [2.05, 4.69) is 0 Å². The molecule has 0 aromatic heterocycles. The van der Waals surface area contributed by atoms with E-state index in [9.17, 15) is 9.59 Å². The van der Waals surface area contributed by atoms with Gasteiger partial charge in [-0.25, -0.2) is 4.79 Å². The van der Waals surface area contributed by atoms with Crippen molar-refractivity contribution in [3.63, 3.8) is 0 Å². The van der Waals surface area contributed by atoms with Crippen molar-refractivity contribution in [1.82, 2.24) is 0 Å². The van der Waals surface area contributed by atoms with Gasteiger partial charge >= 0.3 is 5.97 Å². The van der Waals surface area contributed by atoms with Crippen molar-refractivity contribution in [3.05, 3.63) is 65.2 Å². The van der Waals surface area contributed by atoms with E-state index in [0.717, 1.165) is 11.1 Å². The highest BCUT2D eigenvalue weighted by Crippen LogP contribution is 2.15. The van der Waals surface area contributed by atoms with Crippen LogP contribution in [0.5, 0.6) is 0 Å². The lowest BCUT2D eigenvalue weighted by molar-refractivity contribution is -0.121. The zero-order valence-electron chi connectivity index (χ0n) is 13.7. The van der Waals surface area contributed by atoms with Crippen molar-refractivity contribution in [2.45, 2.75) is 13.8 Å². The van der Waals surface area contributed by atoms with Gasteiger partial charge in [0.05, 0.1) is 11.6 Å². The molecule has 0 spiro atoms. The molecule has 122 valence electrons. The monoisotopic (exact) mass is 322 g/mol. The van der Waals surface area contributed by atoms with Gasteiger partial charge in [-0.05, 0) is 43.2 Å². The number of aryl methyl sites for hydroxylation is 1. The van der Waals surface area contributed by atoms with Crippen molar-refractivity contribution >= 4 is 17.6 Å². The Kier molecular flexibility index (Phi) is 5.69. The molecule has 0 atom stereocenters. The van der Waals surface area contributed by atoms with Crippen LogP contribution in [0.4, 0.5) is 5.69 Å². The number of para-hydroxylation sites is 1. The lowest BCUT2D eigenvalue weighted by Crippen LogP contribution is -2.35. The van der Waals surface area contributed by atoms with Gasteiger partial charge in [0.25, 0.3) is 5.91 Å². The molecule has 0 saturated carbocycles. The van der Waals surface area contributed by atoms with Crippen LogP contribution >= 0.6 is 0 Å². The van der Waals surface area contributed by atoms with Crippen molar-refractivity contribution in [3.8, 4) is 6.07 Å². The highest BCUT2D eigenvalue weighted by Gasteiger charge is 2.19. The molecule has 0 aliphatic carbocycles. The standard InChI is InChI=1S/C19H18N2O3/c1-14-7-6-10-17(15(14)2)19(23)24-13-18(22)21(12-11-20)16-8-4-3-5-9-16/h3-10H,12-13H2,1-2H3. The molecule has 24 heavy (non-hydrogen) atoms. The molecule has 5 heteroatoms. The van der Waals surface area contributed by atoms with Crippen LogP contribution in [0.2, 0.25) is 0 Å². The molecular weight excluding hydrogens is 304 g/mol. The highest BCUT2D eigenvalue weighted by molar-refractivity contribution is 5.97. The first-order valence-electron chi connectivity index (χ1n) is 7.50. The molecule has 0 radical (unpaired) electrons. The lowest BCUT2D eigenvalue weighted by Gasteiger charge is -2.19. The number of rotatable bonds is 5. The minimum atomic E-state index is -0.547. The van der Waals surface area contributed by atoms with Crippen molar-refractivity contribution < 1.29 is 14.3 Å². The summed E-state index contributed by atoms with van der Waals surface area (Å²) in [6.07, 6.45) is 0. The fourth-order valence-corrected chi connectivity index (χ4v) is 2.26. The number of esters is 1. The van der Waals surface area contributed by atoms with Crippen molar-refractivity contribution in [2.75, 3.05) is 18.1 Å². The van der Waals surface area contributed by atoms with Crippen LogP contribution in [0.3, 0.4) is 0 Å². The lowest BCUT2D eigenvalue weighted by atomic mass is 10.0. The maximum atomic E-state index is 12.3. The van der Waals surface area contributed by atoms with Gasteiger partial charge in [-0.1, -0.05) is 30.3 Å². The summed E-state index contributed by atoms with van der Waals surface area (Å²) in [4.78, 5) is 25.8. The Morgan fingerprint density at radius 1 is 1.08 bits per heavy atom. The quantitative estimate of drug-likeness (QED) is 0.627. The predicted molar refractivity (Wildman–Crippen MR) is 90.6 cm³/mol. The second-order valence-corrected chi connectivity index (χ2v) is 5.30. The summed E-state index contributed by atoms with van der Waals surface area (Å²) in [5.41, 5.74) is 2.83. The minimum Gasteiger partial charge on any atom is -0.452 e. The summed E-state index contributed by atoms with van der Waals surface area (Å²) in [5, 5.41) is 8.92. The smallest absolute Gasteiger partial charge is 0.338 e. The maximum Gasteiger partial charge on any atom is 0.338 e. The zero-order chi connectivity index (χ0) is 17.5. The Morgan fingerprint density at radius 3 is 2.46 bits per heavy atom. The predicted octanol–water partition coefficient (Wildman–Crippen LogP) is 3.02. The Hall–Kier alpha value is -3.13. The van der Waals surface area contributed by atoms with Gasteiger partial charge in [-0.15, -0.1) is 0 Å². The average molecular weight is 322 g/mol. The van der Waals surface area contributed by atoms with E-state index in [4.69, 9.17) is 10.00 Å². The molecule has 0 aliphatic heterocycles. The van der Waals surface area contributed by atoms with Crippen LogP contribution in [0, 0.1) is 25.2 Å². The van der Waals surface area contributed by atoms with Gasteiger partial charge in [0, 0.05) is 5.69 Å². The Labute approximate surface area is 141 Å². The number of anilines is 1. The maximum absolute atomic E-state index is 12.3. The van der Waals surface area contributed by atoms with Gasteiger partial charge in [-0.3, -0.25) is 9.69 Å². The molecule has 0 unspecified atom stereocenters. The molecule has 2 aromatic rings. The van der Waals surface area contributed by atoms with Crippen LogP contribution in [-0.4, -0.2) is 25.0 Å². The summed E-state index contributed by atoms with van der Waals surface area (Å²) in [5.74, 6) is -0.990. The van der Waals surface area contributed by atoms with Gasteiger partial charge in [0.1, 0.15) is 6.54 Å². The third-order valence-electron chi connectivity index (χ3n) is 3.75. The van der Waals surface area contributed by atoms with Crippen LogP contribution in [0.1, 0.15) is 21.5 Å². The normalized spacial score (nSPS) is 9.88. The number of hydrogen-bond acceptors (Lipinski definition) is 4. The molecule has 0 bridgehead atoms. The first-order valence-corrected chi connectivity index (χ1v) is 7.50. The summed E-state index contributed by atoms with van der Waals surface area (Å²) < 4.78 is 5.13. The summed E-state index contributed by atoms with van der Waals surface area (Å²) in [6, 6.07) is 16.1. The molecule has 0 N–H and O–H groups in total. The van der Waals surface area contributed by atoms with Crippen molar-refractivity contribution in [2.24, 2.45) is 0 Å². The molecular formula is C19H18N2O3. The van der Waals surface area contributed by atoms with E-state index in [-0.39, 0.29) is 6.54 Å². The third-order valence-corrected chi connectivity index (χ3v) is 3.75. The molecule has 1 amide bonds. The summed E-state index contributed by atoms with van der Waals surface area (Å²) >= 11 is 0. The van der Waals surface area contributed by atoms with Gasteiger partial charge in [0.2, 0.25) is 0 Å². The first kappa shape index (κ1) is 17.2. The van der Waals surface area contributed by atoms with E-state index in [1.54, 1.807) is 36.4 Å². The number of amides is 1. The van der Waals surface area contributed by atoms with Crippen molar-refractivity contribution in [1.29, 1.82) is 5.26 Å². The molecule has 0 aliphatic rings. The van der Waals surface area contributed by atoms with Crippen LogP contribution in [0.25, 0.3) is 0 Å². The number of carbonyl (C=O) groups is 2. The molecule has 5 nitrogen and oxygen atoms in total. The van der Waals surface area contributed by atoms with Crippen LogP contribution < -0.4 is 4.90 Å². The molecule has 0 heterocycles. The van der Waals surface area contributed by atoms with E-state index in [1.165, 1.54) is 4.90 Å². The highest BCUT2D eigenvalue weighted by atomic mass is 16.5. The summed E-state index contributed by atoms with van der Waals surface area (Å²) in [6.45, 7) is 3.22. The Morgan fingerprint density at radius 2 is 1.79 bits per heavy atom. The van der Waals surface area contributed by atoms with Gasteiger partial charge in [-0.2, -0.15) is 5.26 Å².